The summed E-state index contributed by atoms with van der Waals surface area (Å²) in [6, 6.07) is 7.35. The first kappa shape index (κ1) is 18.9. The molecule has 144 valence electrons. The Kier molecular flexibility index (Phi) is 5.26. The van der Waals surface area contributed by atoms with Crippen LogP contribution in [-0.4, -0.2) is 35.3 Å². The fraction of sp³-hybridized carbons (Fsp3) is 0.278. The van der Waals surface area contributed by atoms with Crippen molar-refractivity contribution in [2.45, 2.75) is 13.3 Å². The molecule has 2 aromatic rings. The quantitative estimate of drug-likeness (QED) is 0.463. The number of esters is 1. The number of hydrogen-bond acceptors (Lipinski definition) is 8. The maximum Gasteiger partial charge on any atom is 0.344 e. The van der Waals surface area contributed by atoms with Gasteiger partial charge in [0.15, 0.2) is 0 Å². The Balaban J connectivity index is 2.35. The van der Waals surface area contributed by atoms with Crippen molar-refractivity contribution >= 4 is 17.5 Å². The molecule has 10 heteroatoms. The Morgan fingerprint density at radius 3 is 2.68 bits per heavy atom. The number of benzene rings is 1. The Morgan fingerprint density at radius 1 is 1.36 bits per heavy atom. The summed E-state index contributed by atoms with van der Waals surface area (Å²) in [6.45, 7) is 2.66. The van der Waals surface area contributed by atoms with Crippen molar-refractivity contribution in [3.63, 3.8) is 0 Å². The van der Waals surface area contributed by atoms with Gasteiger partial charge in [0, 0.05) is 30.8 Å². The van der Waals surface area contributed by atoms with Crippen molar-refractivity contribution in [1.82, 2.24) is 4.68 Å². The number of aromatic nitrogens is 1. The molecule has 3 rings (SSSR count). The largest absolute Gasteiger partial charge is 0.462 e. The minimum absolute atomic E-state index is 0.0489. The van der Waals surface area contributed by atoms with E-state index < -0.39 is 16.5 Å². The lowest BCUT2D eigenvalue weighted by molar-refractivity contribution is -0.384. The standard InChI is InChI=1S/C18H17N5O5/c1-2-28-18(25)15-14(11-4-6-12(7-5-11)23(26)27)13(10-19)16-20-8-3-9-21-22(16)17(15)24/h4-7,20-21H,2-3,8-9H2,1H3. The van der Waals surface area contributed by atoms with Crippen molar-refractivity contribution in [3.8, 4) is 17.2 Å². The molecule has 0 saturated heterocycles. The van der Waals surface area contributed by atoms with Gasteiger partial charge in [-0.15, -0.1) is 0 Å². The number of anilines is 1. The zero-order valence-corrected chi connectivity index (χ0v) is 15.0. The highest BCUT2D eigenvalue weighted by molar-refractivity contribution is 6.00. The molecule has 0 unspecified atom stereocenters. The van der Waals surface area contributed by atoms with Crippen molar-refractivity contribution in [1.29, 1.82) is 5.26 Å². The van der Waals surface area contributed by atoms with Crippen LogP contribution >= 0.6 is 0 Å². The van der Waals surface area contributed by atoms with Gasteiger partial charge in [-0.3, -0.25) is 14.9 Å². The number of nitro benzene ring substituents is 1. The van der Waals surface area contributed by atoms with Crippen LogP contribution < -0.4 is 16.3 Å². The maximum absolute atomic E-state index is 13.1. The number of fused-ring (bicyclic) bond motifs is 1. The fourth-order valence-corrected chi connectivity index (χ4v) is 3.02. The molecule has 2 heterocycles. The van der Waals surface area contributed by atoms with E-state index in [1.165, 1.54) is 24.3 Å². The van der Waals surface area contributed by atoms with Crippen molar-refractivity contribution in [3.05, 3.63) is 55.9 Å². The van der Waals surface area contributed by atoms with E-state index in [1.54, 1.807) is 6.92 Å². The number of hydrogen-bond donors (Lipinski definition) is 2. The first-order valence-electron chi connectivity index (χ1n) is 8.62. The van der Waals surface area contributed by atoms with Crippen molar-refractivity contribution < 1.29 is 14.5 Å². The Hall–Kier alpha value is -3.87. The predicted molar refractivity (Wildman–Crippen MR) is 101 cm³/mol. The Labute approximate surface area is 159 Å². The highest BCUT2D eigenvalue weighted by Gasteiger charge is 2.29. The van der Waals surface area contributed by atoms with Gasteiger partial charge < -0.3 is 15.5 Å². The smallest absolute Gasteiger partial charge is 0.344 e. The van der Waals surface area contributed by atoms with E-state index in [0.29, 0.717) is 25.1 Å². The topological polar surface area (TPSA) is 139 Å². The third-order valence-electron chi connectivity index (χ3n) is 4.25. The van der Waals surface area contributed by atoms with Gasteiger partial charge in [0.05, 0.1) is 11.5 Å². The number of carbonyl (C=O) groups excluding carboxylic acids is 1. The first-order chi connectivity index (χ1) is 13.5. The fourth-order valence-electron chi connectivity index (χ4n) is 3.02. The summed E-state index contributed by atoms with van der Waals surface area (Å²) < 4.78 is 6.18. The lowest BCUT2D eigenvalue weighted by Crippen LogP contribution is -2.35. The number of pyridine rings is 1. The summed E-state index contributed by atoms with van der Waals surface area (Å²) in [6.07, 6.45) is 0.702. The molecule has 10 nitrogen and oxygen atoms in total. The van der Waals surface area contributed by atoms with Crippen LogP contribution in [0, 0.1) is 21.4 Å². The Bertz CT molecular complexity index is 1040. The van der Waals surface area contributed by atoms with Crippen LogP contribution in [0.1, 0.15) is 29.3 Å². The van der Waals surface area contributed by atoms with Gasteiger partial charge in [-0.2, -0.15) is 5.26 Å². The van der Waals surface area contributed by atoms with E-state index in [-0.39, 0.29) is 34.8 Å². The number of carbonyl (C=O) groups is 1. The van der Waals surface area contributed by atoms with Crippen molar-refractivity contribution in [2.75, 3.05) is 30.4 Å². The molecule has 0 bridgehead atoms. The van der Waals surface area contributed by atoms with Crippen LogP contribution in [0.3, 0.4) is 0 Å². The zero-order valence-electron chi connectivity index (χ0n) is 15.0. The highest BCUT2D eigenvalue weighted by atomic mass is 16.6. The number of nitrogens with one attached hydrogen (secondary N) is 2. The molecule has 1 aromatic heterocycles. The summed E-state index contributed by atoms with van der Waals surface area (Å²) in [4.78, 5) is 36.0. The SMILES string of the molecule is CCOC(=O)c1c(-c2ccc([N+](=O)[O-])cc2)c(C#N)c2n(c1=O)NCCCN2. The van der Waals surface area contributed by atoms with E-state index in [9.17, 15) is 25.0 Å². The maximum atomic E-state index is 13.1. The molecule has 28 heavy (non-hydrogen) atoms. The first-order valence-corrected chi connectivity index (χ1v) is 8.62. The second kappa shape index (κ2) is 7.79. The van der Waals surface area contributed by atoms with Gasteiger partial charge >= 0.3 is 5.97 Å². The molecule has 0 saturated carbocycles. The van der Waals surface area contributed by atoms with E-state index in [4.69, 9.17) is 4.74 Å². The van der Waals surface area contributed by atoms with Crippen LogP contribution in [0.15, 0.2) is 29.1 Å². The zero-order chi connectivity index (χ0) is 20.3. The summed E-state index contributed by atoms with van der Waals surface area (Å²) in [7, 11) is 0. The Morgan fingerprint density at radius 2 is 2.07 bits per heavy atom. The molecule has 2 N–H and O–H groups in total. The third kappa shape index (κ3) is 3.25. The number of nitriles is 1. The number of rotatable bonds is 4. The molecule has 0 atom stereocenters. The van der Waals surface area contributed by atoms with Crippen molar-refractivity contribution in [2.24, 2.45) is 0 Å². The van der Waals surface area contributed by atoms with Gasteiger partial charge in [-0.25, -0.2) is 9.47 Å². The molecular formula is C18H17N5O5. The molecule has 0 radical (unpaired) electrons. The van der Waals surface area contributed by atoms with E-state index in [0.717, 1.165) is 4.68 Å². The molecule has 1 aliphatic heterocycles. The summed E-state index contributed by atoms with van der Waals surface area (Å²) in [5, 5.41) is 23.8. The minimum atomic E-state index is -0.862. The highest BCUT2D eigenvalue weighted by Crippen LogP contribution is 2.32. The molecule has 0 aliphatic carbocycles. The average molecular weight is 383 g/mol. The number of non-ortho nitro benzene ring substituents is 1. The van der Waals surface area contributed by atoms with Crippen LogP contribution in [-0.2, 0) is 4.74 Å². The van der Waals surface area contributed by atoms with E-state index in [1.807, 2.05) is 6.07 Å². The minimum Gasteiger partial charge on any atom is -0.462 e. The summed E-state index contributed by atoms with van der Waals surface area (Å²) >= 11 is 0. The van der Waals surface area contributed by atoms with Crippen LogP contribution in [0.25, 0.3) is 11.1 Å². The third-order valence-corrected chi connectivity index (χ3v) is 4.25. The monoisotopic (exact) mass is 383 g/mol. The lowest BCUT2D eigenvalue weighted by Gasteiger charge is -2.19. The number of nitro groups is 1. The molecular weight excluding hydrogens is 366 g/mol. The van der Waals surface area contributed by atoms with E-state index >= 15 is 0 Å². The average Bonchev–Trinajstić information content (AvgIpc) is 2.94. The second-order valence-electron chi connectivity index (χ2n) is 5.94. The van der Waals surface area contributed by atoms with Crippen LogP contribution in [0.4, 0.5) is 11.5 Å². The molecule has 1 aliphatic rings. The van der Waals surface area contributed by atoms with Gasteiger partial charge in [0.25, 0.3) is 11.2 Å². The second-order valence-corrected chi connectivity index (χ2v) is 5.94. The van der Waals surface area contributed by atoms with Crippen LogP contribution in [0.5, 0.6) is 0 Å². The van der Waals surface area contributed by atoms with Crippen LogP contribution in [0.2, 0.25) is 0 Å². The van der Waals surface area contributed by atoms with Gasteiger partial charge in [0.2, 0.25) is 0 Å². The molecule has 0 amide bonds. The number of nitrogens with zero attached hydrogens (tertiary/aromatic N) is 3. The van der Waals surface area contributed by atoms with E-state index in [2.05, 4.69) is 10.7 Å². The summed E-state index contributed by atoms with van der Waals surface area (Å²) in [5.41, 5.74) is 2.29. The number of ether oxygens (including phenoxy) is 1. The van der Waals surface area contributed by atoms with Gasteiger partial charge in [-0.05, 0) is 31.0 Å². The predicted octanol–water partition coefficient (Wildman–Crippen LogP) is 1.83. The summed E-state index contributed by atoms with van der Waals surface area (Å²) in [5.74, 6) is -0.620. The van der Waals surface area contributed by atoms with Gasteiger partial charge in [-0.1, -0.05) is 0 Å². The molecule has 0 fully saturated rings. The molecule has 1 aromatic carbocycles. The normalized spacial score (nSPS) is 12.6. The lowest BCUT2D eigenvalue weighted by atomic mass is 9.95. The molecule has 0 spiro atoms. The van der Waals surface area contributed by atoms with Gasteiger partial charge in [0.1, 0.15) is 23.0 Å².